The van der Waals surface area contributed by atoms with E-state index in [9.17, 15) is 19.5 Å². The maximum absolute atomic E-state index is 13.3. The van der Waals surface area contributed by atoms with Gasteiger partial charge in [-0.05, 0) is 44.2 Å². The van der Waals surface area contributed by atoms with E-state index >= 15 is 0 Å². The van der Waals surface area contributed by atoms with E-state index < -0.39 is 23.8 Å². The van der Waals surface area contributed by atoms with Crippen LogP contribution >= 0.6 is 0 Å². The van der Waals surface area contributed by atoms with Crippen LogP contribution in [-0.4, -0.2) is 55.2 Å². The van der Waals surface area contributed by atoms with Crippen molar-refractivity contribution in [1.82, 2.24) is 10.2 Å². The van der Waals surface area contributed by atoms with Gasteiger partial charge in [-0.2, -0.15) is 0 Å². The Bertz CT molecular complexity index is 1170. The zero-order valence-corrected chi connectivity index (χ0v) is 20.3. The molecule has 1 aliphatic heterocycles. The molecule has 2 aromatic rings. The number of rotatable bonds is 9. The molecule has 8 heteroatoms. The van der Waals surface area contributed by atoms with E-state index in [1.165, 1.54) is 19.2 Å². The highest BCUT2D eigenvalue weighted by Crippen LogP contribution is 2.39. The number of nitrogens with one attached hydrogen (secondary N) is 1. The minimum atomic E-state index is -1.10. The first-order valence-electron chi connectivity index (χ1n) is 11.2. The van der Waals surface area contributed by atoms with E-state index in [4.69, 9.17) is 9.47 Å². The Hall–Kier alpha value is -3.91. The summed E-state index contributed by atoms with van der Waals surface area (Å²) >= 11 is 0. The molecule has 0 saturated heterocycles. The highest BCUT2D eigenvalue weighted by Gasteiger charge is 2.38. The molecule has 1 aliphatic rings. The highest BCUT2D eigenvalue weighted by molar-refractivity contribution is 6.00. The van der Waals surface area contributed by atoms with Crippen molar-refractivity contribution in [1.29, 1.82) is 0 Å². The Morgan fingerprint density at radius 3 is 2.26 bits per heavy atom. The quantitative estimate of drug-likeness (QED) is 0.528. The molecule has 2 N–H and O–H groups in total. The van der Waals surface area contributed by atoms with Gasteiger partial charge in [-0.3, -0.25) is 4.90 Å². The summed E-state index contributed by atoms with van der Waals surface area (Å²) in [6.07, 6.45) is 0. The molecule has 35 heavy (non-hydrogen) atoms. The van der Waals surface area contributed by atoms with Crippen LogP contribution < -0.4 is 5.32 Å². The van der Waals surface area contributed by atoms with Crippen LogP contribution in [0.15, 0.2) is 77.1 Å². The Morgan fingerprint density at radius 2 is 1.63 bits per heavy atom. The van der Waals surface area contributed by atoms with Crippen LogP contribution in [0.3, 0.4) is 0 Å². The number of carboxylic acid groups (broad SMARTS) is 1. The van der Waals surface area contributed by atoms with Gasteiger partial charge >= 0.3 is 17.9 Å². The lowest BCUT2D eigenvalue weighted by Gasteiger charge is -2.30. The van der Waals surface area contributed by atoms with E-state index in [0.717, 1.165) is 5.56 Å². The van der Waals surface area contributed by atoms with E-state index in [-0.39, 0.29) is 23.3 Å². The third-order valence-electron chi connectivity index (χ3n) is 5.85. The van der Waals surface area contributed by atoms with Gasteiger partial charge in [-0.1, -0.05) is 42.5 Å². The minimum absolute atomic E-state index is 0.0517. The Labute approximate surface area is 204 Å². The molecule has 0 amide bonds. The van der Waals surface area contributed by atoms with E-state index in [0.29, 0.717) is 30.0 Å². The summed E-state index contributed by atoms with van der Waals surface area (Å²) in [5, 5.41) is 12.5. The number of carbonyl (C=O) groups excluding carboxylic acids is 2. The molecule has 0 saturated carbocycles. The summed E-state index contributed by atoms with van der Waals surface area (Å²) in [5.41, 5.74) is 3.22. The van der Waals surface area contributed by atoms with Crippen molar-refractivity contribution < 1.29 is 29.0 Å². The second-order valence-electron chi connectivity index (χ2n) is 8.42. The van der Waals surface area contributed by atoms with E-state index in [2.05, 4.69) is 5.32 Å². The largest absolute Gasteiger partial charge is 0.478 e. The SMILES string of the molecule is COC(=O)C1=C(C)NC(C)=C(C(=O)OCCN(C)Cc2ccccc2)C1c1cccc(C(=O)O)c1. The number of esters is 2. The van der Waals surface area contributed by atoms with Crippen LogP contribution in [0.2, 0.25) is 0 Å². The number of hydrogen-bond acceptors (Lipinski definition) is 7. The zero-order valence-electron chi connectivity index (χ0n) is 20.3. The first-order valence-corrected chi connectivity index (χ1v) is 11.2. The number of benzene rings is 2. The number of nitrogens with zero attached hydrogens (tertiary/aromatic N) is 1. The average molecular weight is 479 g/mol. The molecule has 0 spiro atoms. The lowest BCUT2D eigenvalue weighted by Crippen LogP contribution is -2.33. The second-order valence-corrected chi connectivity index (χ2v) is 8.42. The van der Waals surface area contributed by atoms with Crippen LogP contribution in [0, 0.1) is 0 Å². The summed E-state index contributed by atoms with van der Waals surface area (Å²) in [5.74, 6) is -3.13. The summed E-state index contributed by atoms with van der Waals surface area (Å²) < 4.78 is 10.6. The van der Waals surface area contributed by atoms with Crippen LogP contribution in [0.25, 0.3) is 0 Å². The molecule has 0 aromatic heterocycles. The molecule has 0 fully saturated rings. The lowest BCUT2D eigenvalue weighted by atomic mass is 9.80. The predicted molar refractivity (Wildman–Crippen MR) is 130 cm³/mol. The second kappa shape index (κ2) is 11.5. The monoisotopic (exact) mass is 478 g/mol. The first-order chi connectivity index (χ1) is 16.7. The van der Waals surface area contributed by atoms with Gasteiger partial charge in [0.25, 0.3) is 0 Å². The molecule has 0 radical (unpaired) electrons. The molecular formula is C27H30N2O6. The van der Waals surface area contributed by atoms with Crippen LogP contribution in [0.1, 0.15) is 41.3 Å². The Balaban J connectivity index is 1.84. The van der Waals surface area contributed by atoms with Crippen molar-refractivity contribution in [3.63, 3.8) is 0 Å². The fourth-order valence-electron chi connectivity index (χ4n) is 4.18. The standard InChI is InChI=1S/C27H30N2O6/c1-17-22(26(32)34-4)24(20-11-8-12-21(15-20)25(30)31)23(18(2)28-17)27(33)35-14-13-29(3)16-19-9-6-5-7-10-19/h5-12,15,24,28H,13-14,16H2,1-4H3,(H,30,31). The summed E-state index contributed by atoms with van der Waals surface area (Å²) in [6, 6.07) is 16.2. The first kappa shape index (κ1) is 25.7. The fraction of sp³-hybridized carbons (Fsp3) is 0.296. The van der Waals surface area contributed by atoms with Crippen molar-refractivity contribution >= 4 is 17.9 Å². The third kappa shape index (κ3) is 6.16. The molecule has 8 nitrogen and oxygen atoms in total. The lowest BCUT2D eigenvalue weighted by molar-refractivity contribution is -0.139. The number of carboxylic acids is 1. The van der Waals surface area contributed by atoms with Gasteiger partial charge in [-0.15, -0.1) is 0 Å². The average Bonchev–Trinajstić information content (AvgIpc) is 2.83. The van der Waals surface area contributed by atoms with Crippen molar-refractivity contribution in [2.24, 2.45) is 0 Å². The van der Waals surface area contributed by atoms with E-state index in [1.807, 2.05) is 42.3 Å². The number of dihydropyridines is 1. The Morgan fingerprint density at radius 1 is 0.971 bits per heavy atom. The molecule has 1 unspecified atom stereocenters. The van der Waals surface area contributed by atoms with Gasteiger partial charge < -0.3 is 19.9 Å². The number of allylic oxidation sites excluding steroid dienone is 2. The summed E-state index contributed by atoms with van der Waals surface area (Å²) in [7, 11) is 3.20. The summed E-state index contributed by atoms with van der Waals surface area (Å²) in [4.78, 5) is 39.6. The molecule has 0 bridgehead atoms. The van der Waals surface area contributed by atoms with Crippen molar-refractivity contribution in [3.8, 4) is 0 Å². The van der Waals surface area contributed by atoms with Gasteiger partial charge in [0.1, 0.15) is 6.61 Å². The molecule has 3 rings (SSSR count). The maximum Gasteiger partial charge on any atom is 0.336 e. The number of hydrogen-bond donors (Lipinski definition) is 2. The molecule has 0 aliphatic carbocycles. The maximum atomic E-state index is 13.3. The molecule has 1 heterocycles. The Kier molecular flexibility index (Phi) is 8.43. The normalized spacial score (nSPS) is 15.6. The van der Waals surface area contributed by atoms with Gasteiger partial charge in [0.2, 0.25) is 0 Å². The molecule has 184 valence electrons. The van der Waals surface area contributed by atoms with Gasteiger partial charge in [0.15, 0.2) is 0 Å². The predicted octanol–water partition coefficient (Wildman–Crippen LogP) is 3.47. The number of ether oxygens (including phenoxy) is 2. The highest BCUT2D eigenvalue weighted by atomic mass is 16.5. The number of carbonyl (C=O) groups is 3. The van der Waals surface area contributed by atoms with Gasteiger partial charge in [0.05, 0.1) is 29.7 Å². The third-order valence-corrected chi connectivity index (χ3v) is 5.85. The van der Waals surface area contributed by atoms with Crippen molar-refractivity contribution in [2.45, 2.75) is 26.3 Å². The van der Waals surface area contributed by atoms with Gasteiger partial charge in [-0.25, -0.2) is 14.4 Å². The van der Waals surface area contributed by atoms with Crippen LogP contribution in [-0.2, 0) is 25.6 Å². The molecular weight excluding hydrogens is 448 g/mol. The van der Waals surface area contributed by atoms with Gasteiger partial charge in [0, 0.05) is 24.5 Å². The zero-order chi connectivity index (χ0) is 25.5. The molecule has 1 atom stereocenters. The molecule has 2 aromatic carbocycles. The van der Waals surface area contributed by atoms with Crippen LogP contribution in [0.5, 0.6) is 0 Å². The number of likely N-dealkylation sites (N-methyl/N-ethyl adjacent to an activating group) is 1. The topological polar surface area (TPSA) is 105 Å². The van der Waals surface area contributed by atoms with Crippen molar-refractivity contribution in [2.75, 3.05) is 27.3 Å². The number of aromatic carboxylic acids is 1. The van der Waals surface area contributed by atoms with Crippen LogP contribution in [0.4, 0.5) is 0 Å². The smallest absolute Gasteiger partial charge is 0.336 e. The summed E-state index contributed by atoms with van der Waals surface area (Å²) in [6.45, 7) is 4.81. The minimum Gasteiger partial charge on any atom is -0.478 e. The van der Waals surface area contributed by atoms with Crippen molar-refractivity contribution in [3.05, 3.63) is 93.8 Å². The van der Waals surface area contributed by atoms with E-state index in [1.54, 1.807) is 26.0 Å². The fourth-order valence-corrected chi connectivity index (χ4v) is 4.18. The number of methoxy groups -OCH3 is 1.